The van der Waals surface area contributed by atoms with E-state index in [1.807, 2.05) is 18.0 Å². The van der Waals surface area contributed by atoms with E-state index in [2.05, 4.69) is 61.1 Å². The van der Waals surface area contributed by atoms with Crippen molar-refractivity contribution in [1.29, 1.82) is 0 Å². The number of hydrogen-bond donors (Lipinski definition) is 2. The molecule has 0 bridgehead atoms. The van der Waals surface area contributed by atoms with Gasteiger partial charge >= 0.3 is 0 Å². The number of halogens is 1. The Balaban J connectivity index is 0.00000289. The molecule has 1 saturated heterocycles. The van der Waals surface area contributed by atoms with Crippen molar-refractivity contribution >= 4 is 35.0 Å². The third-order valence-electron chi connectivity index (χ3n) is 6.64. The first-order valence-corrected chi connectivity index (χ1v) is 11.2. The lowest BCUT2D eigenvalue weighted by molar-refractivity contribution is 0.0646. The van der Waals surface area contributed by atoms with Crippen LogP contribution in [0.15, 0.2) is 24.3 Å². The zero-order chi connectivity index (χ0) is 22.1. The minimum Gasteiger partial charge on any atom is -0.364 e. The fourth-order valence-corrected chi connectivity index (χ4v) is 4.38. The van der Waals surface area contributed by atoms with E-state index in [4.69, 9.17) is 4.98 Å². The molecule has 4 rings (SSSR count). The van der Waals surface area contributed by atoms with E-state index in [1.165, 1.54) is 27.9 Å². The molecule has 3 heterocycles. The Morgan fingerprint density at radius 1 is 1.12 bits per heavy atom. The molecule has 0 saturated carbocycles. The van der Waals surface area contributed by atoms with Crippen LogP contribution in [0.1, 0.15) is 44.9 Å². The third kappa shape index (κ3) is 4.34. The number of pyridine rings is 1. The van der Waals surface area contributed by atoms with Gasteiger partial charge in [0.1, 0.15) is 5.69 Å². The minimum absolute atomic E-state index is 0. The van der Waals surface area contributed by atoms with Crippen LogP contribution in [0, 0.1) is 27.7 Å². The number of aryl methyl sites for hydroxylation is 3. The van der Waals surface area contributed by atoms with Crippen molar-refractivity contribution in [2.45, 2.75) is 47.2 Å². The van der Waals surface area contributed by atoms with E-state index in [0.717, 1.165) is 49.3 Å². The molecule has 0 radical (unpaired) electrons. The number of rotatable bonds is 7. The van der Waals surface area contributed by atoms with Crippen LogP contribution in [0.5, 0.6) is 0 Å². The van der Waals surface area contributed by atoms with E-state index in [-0.39, 0.29) is 18.3 Å². The molecule has 2 N–H and O–H groups in total. The number of nitrogens with zero attached hydrogens (tertiary/aromatic N) is 3. The quantitative estimate of drug-likeness (QED) is 0.555. The monoisotopic (exact) mass is 455 g/mol. The summed E-state index contributed by atoms with van der Waals surface area (Å²) in [4.78, 5) is 19.7. The smallest absolute Gasteiger partial charge is 0.272 e. The molecule has 0 atom stereocenters. The highest BCUT2D eigenvalue weighted by molar-refractivity contribution is 6.01. The molecule has 1 aliphatic rings. The van der Waals surface area contributed by atoms with Gasteiger partial charge in [0.15, 0.2) is 5.82 Å². The Kier molecular flexibility index (Phi) is 7.47. The number of benzene rings is 1. The molecule has 0 unspecified atom stereocenters. The summed E-state index contributed by atoms with van der Waals surface area (Å²) in [5.74, 6) is 0.819. The van der Waals surface area contributed by atoms with Gasteiger partial charge in [0.05, 0.1) is 5.52 Å². The van der Waals surface area contributed by atoms with Crippen molar-refractivity contribution in [2.75, 3.05) is 32.0 Å². The largest absolute Gasteiger partial charge is 0.364 e. The Labute approximate surface area is 196 Å². The average Bonchev–Trinajstić information content (AvgIpc) is 2.95. The van der Waals surface area contributed by atoms with Gasteiger partial charge in [-0.05, 0) is 69.5 Å². The van der Waals surface area contributed by atoms with Crippen molar-refractivity contribution in [3.8, 4) is 0 Å². The molecule has 1 fully saturated rings. The molecule has 1 amide bonds. The first-order chi connectivity index (χ1) is 14.9. The summed E-state index contributed by atoms with van der Waals surface area (Å²) in [5.41, 5.74) is 7.83. The lowest BCUT2D eigenvalue weighted by Gasteiger charge is -2.30. The average molecular weight is 456 g/mol. The van der Waals surface area contributed by atoms with Gasteiger partial charge in [-0.25, -0.2) is 4.98 Å². The lowest BCUT2D eigenvalue weighted by atomic mass is 10.0. The normalized spacial score (nSPS) is 13.1. The van der Waals surface area contributed by atoms with Gasteiger partial charge < -0.3 is 20.1 Å². The summed E-state index contributed by atoms with van der Waals surface area (Å²) >= 11 is 0. The van der Waals surface area contributed by atoms with Gasteiger partial charge in [-0.1, -0.05) is 18.2 Å². The SMILES string of the molecule is CNCCn1c(C)c(C)c2cc(C(=O)N3CCC3)nc(NCc3c(C)cccc3C)c21.Cl. The Morgan fingerprint density at radius 3 is 2.41 bits per heavy atom. The Bertz CT molecular complexity index is 1110. The van der Waals surface area contributed by atoms with Crippen LogP contribution in [0.25, 0.3) is 10.9 Å². The topological polar surface area (TPSA) is 62.2 Å². The summed E-state index contributed by atoms with van der Waals surface area (Å²) in [6.07, 6.45) is 1.07. The summed E-state index contributed by atoms with van der Waals surface area (Å²) in [7, 11) is 1.97. The van der Waals surface area contributed by atoms with E-state index in [0.29, 0.717) is 12.2 Å². The summed E-state index contributed by atoms with van der Waals surface area (Å²) in [6, 6.07) is 8.35. The van der Waals surface area contributed by atoms with E-state index >= 15 is 0 Å². The molecular formula is C25H34ClN5O. The van der Waals surface area contributed by atoms with Crippen LogP contribution in [0.4, 0.5) is 5.82 Å². The molecular weight excluding hydrogens is 422 g/mol. The predicted molar refractivity (Wildman–Crippen MR) is 134 cm³/mol. The molecule has 1 aliphatic heterocycles. The highest BCUT2D eigenvalue weighted by Gasteiger charge is 2.25. The summed E-state index contributed by atoms with van der Waals surface area (Å²) in [5, 5.41) is 7.94. The Hall–Kier alpha value is -2.57. The van der Waals surface area contributed by atoms with E-state index in [9.17, 15) is 4.79 Å². The van der Waals surface area contributed by atoms with Gasteiger partial charge in [-0.2, -0.15) is 0 Å². The molecule has 0 spiro atoms. The molecule has 6 nitrogen and oxygen atoms in total. The number of hydrogen-bond acceptors (Lipinski definition) is 4. The molecule has 2 aromatic heterocycles. The molecule has 3 aromatic rings. The first kappa shape index (κ1) is 24.1. The molecule has 7 heteroatoms. The molecule has 0 aliphatic carbocycles. The number of fused-ring (bicyclic) bond motifs is 1. The fraction of sp³-hybridized carbons (Fsp3) is 0.440. The lowest BCUT2D eigenvalue weighted by Crippen LogP contribution is -2.42. The Morgan fingerprint density at radius 2 is 1.81 bits per heavy atom. The summed E-state index contributed by atoms with van der Waals surface area (Å²) in [6.45, 7) is 12.6. The molecule has 32 heavy (non-hydrogen) atoms. The number of carbonyl (C=O) groups excluding carboxylic acids is 1. The third-order valence-corrected chi connectivity index (χ3v) is 6.64. The molecule has 1 aromatic carbocycles. The van der Waals surface area contributed by atoms with Crippen molar-refractivity contribution in [1.82, 2.24) is 19.8 Å². The van der Waals surface area contributed by atoms with Crippen molar-refractivity contribution in [3.05, 3.63) is 57.9 Å². The van der Waals surface area contributed by atoms with Gasteiger partial charge in [0.25, 0.3) is 5.91 Å². The number of aromatic nitrogens is 2. The van der Waals surface area contributed by atoms with Gasteiger partial charge in [0.2, 0.25) is 0 Å². The van der Waals surface area contributed by atoms with Crippen LogP contribution in [0.3, 0.4) is 0 Å². The highest BCUT2D eigenvalue weighted by atomic mass is 35.5. The number of likely N-dealkylation sites (N-methyl/N-ethyl adjacent to an activating group) is 1. The van der Waals surface area contributed by atoms with Crippen LogP contribution in [0.2, 0.25) is 0 Å². The van der Waals surface area contributed by atoms with Crippen LogP contribution in [-0.4, -0.2) is 47.0 Å². The van der Waals surface area contributed by atoms with Crippen molar-refractivity contribution in [2.24, 2.45) is 0 Å². The second-order valence-electron chi connectivity index (χ2n) is 8.59. The first-order valence-electron chi connectivity index (χ1n) is 11.2. The zero-order valence-electron chi connectivity index (χ0n) is 19.7. The maximum absolute atomic E-state index is 13.0. The van der Waals surface area contributed by atoms with E-state index in [1.54, 1.807) is 0 Å². The van der Waals surface area contributed by atoms with Gasteiger partial charge in [-0.3, -0.25) is 4.79 Å². The second-order valence-corrected chi connectivity index (χ2v) is 8.59. The number of amides is 1. The van der Waals surface area contributed by atoms with Gasteiger partial charge in [-0.15, -0.1) is 12.4 Å². The number of likely N-dealkylation sites (tertiary alicyclic amines) is 1. The van der Waals surface area contributed by atoms with E-state index < -0.39 is 0 Å². The van der Waals surface area contributed by atoms with Gasteiger partial charge in [0, 0.05) is 43.8 Å². The van der Waals surface area contributed by atoms with Crippen LogP contribution >= 0.6 is 12.4 Å². The number of anilines is 1. The second kappa shape index (κ2) is 9.92. The van der Waals surface area contributed by atoms with Crippen LogP contribution in [-0.2, 0) is 13.1 Å². The predicted octanol–water partition coefficient (Wildman–Crippen LogP) is 4.37. The van der Waals surface area contributed by atoms with Crippen LogP contribution < -0.4 is 10.6 Å². The molecule has 172 valence electrons. The zero-order valence-corrected chi connectivity index (χ0v) is 20.5. The maximum Gasteiger partial charge on any atom is 0.272 e. The minimum atomic E-state index is 0. The summed E-state index contributed by atoms with van der Waals surface area (Å²) < 4.78 is 2.32. The highest BCUT2D eigenvalue weighted by Crippen LogP contribution is 2.32. The van der Waals surface area contributed by atoms with Crippen molar-refractivity contribution in [3.63, 3.8) is 0 Å². The number of carbonyl (C=O) groups is 1. The van der Waals surface area contributed by atoms with Crippen molar-refractivity contribution < 1.29 is 4.79 Å². The number of nitrogens with one attached hydrogen (secondary N) is 2. The standard InChI is InChI=1S/C25H33N5O.ClH/c1-16-8-6-9-17(2)21(16)15-27-24-23-20(18(3)19(4)30(23)13-10-26-5)14-22(28-24)25(31)29-11-7-12-29;/h6,8-9,14,26H,7,10-13,15H2,1-5H3,(H,27,28);1H. The fourth-order valence-electron chi connectivity index (χ4n) is 4.38. The maximum atomic E-state index is 13.0.